The second kappa shape index (κ2) is 6.10. The second-order valence-corrected chi connectivity index (χ2v) is 4.78. The van der Waals surface area contributed by atoms with E-state index in [1.165, 1.54) is 5.56 Å². The summed E-state index contributed by atoms with van der Waals surface area (Å²) in [6.07, 6.45) is 4.82. The first-order chi connectivity index (χ1) is 8.29. The highest BCUT2D eigenvalue weighted by molar-refractivity contribution is 5.09. The number of aromatic nitrogens is 1. The summed E-state index contributed by atoms with van der Waals surface area (Å²) < 4.78 is 0. The predicted molar refractivity (Wildman–Crippen MR) is 67.6 cm³/mol. The van der Waals surface area contributed by atoms with Crippen molar-refractivity contribution in [3.63, 3.8) is 0 Å². The van der Waals surface area contributed by atoms with Gasteiger partial charge >= 0.3 is 0 Å². The highest BCUT2D eigenvalue weighted by atomic mass is 16.3. The zero-order chi connectivity index (χ0) is 12.1. The Bertz CT molecular complexity index is 331. The summed E-state index contributed by atoms with van der Waals surface area (Å²) in [5.41, 5.74) is 1.27. The Morgan fingerprint density at radius 2 is 2.12 bits per heavy atom. The Kier molecular flexibility index (Phi) is 4.48. The Balaban J connectivity index is 2.02. The molecule has 0 saturated carbocycles. The molecule has 0 aromatic carbocycles. The molecule has 4 nitrogen and oxygen atoms in total. The van der Waals surface area contributed by atoms with Gasteiger partial charge < -0.3 is 10.0 Å². The fourth-order valence-corrected chi connectivity index (χ4v) is 2.40. The van der Waals surface area contributed by atoms with E-state index in [0.29, 0.717) is 0 Å². The average Bonchev–Trinajstić information content (AvgIpc) is 2.52. The van der Waals surface area contributed by atoms with Crippen LogP contribution >= 0.6 is 0 Å². The molecule has 1 unspecified atom stereocenters. The molecule has 0 spiro atoms. The van der Waals surface area contributed by atoms with Gasteiger partial charge in [-0.25, -0.2) is 0 Å². The minimum Gasteiger partial charge on any atom is -0.395 e. The molecule has 1 fully saturated rings. The van der Waals surface area contributed by atoms with Crippen LogP contribution in [0.5, 0.6) is 0 Å². The number of hydrogen-bond donors (Lipinski definition) is 1. The molecule has 0 amide bonds. The second-order valence-electron chi connectivity index (χ2n) is 4.78. The van der Waals surface area contributed by atoms with Gasteiger partial charge in [-0.05, 0) is 37.7 Å². The third-order valence-corrected chi connectivity index (χ3v) is 3.37. The maximum atomic E-state index is 9.50. The molecule has 0 aliphatic carbocycles. The summed E-state index contributed by atoms with van der Waals surface area (Å²) in [5, 5.41) is 9.50. The Hall–Kier alpha value is -0.970. The Morgan fingerprint density at radius 3 is 2.82 bits per heavy atom. The molecular weight excluding hydrogens is 214 g/mol. The van der Waals surface area contributed by atoms with Gasteiger partial charge in [-0.1, -0.05) is 0 Å². The van der Waals surface area contributed by atoms with Crippen molar-refractivity contribution in [1.82, 2.24) is 14.8 Å². The number of likely N-dealkylation sites (N-methyl/N-ethyl adjacent to an activating group) is 1. The molecule has 2 rings (SSSR count). The number of hydrogen-bond acceptors (Lipinski definition) is 4. The third-order valence-electron chi connectivity index (χ3n) is 3.37. The van der Waals surface area contributed by atoms with Crippen LogP contribution in [0, 0.1) is 0 Å². The van der Waals surface area contributed by atoms with Gasteiger partial charge in [0.2, 0.25) is 0 Å². The van der Waals surface area contributed by atoms with Gasteiger partial charge in [0.25, 0.3) is 0 Å². The summed E-state index contributed by atoms with van der Waals surface area (Å²) in [6.45, 7) is 4.25. The average molecular weight is 235 g/mol. The maximum absolute atomic E-state index is 9.50. The minimum absolute atomic E-state index is 0.232. The lowest BCUT2D eigenvalue weighted by molar-refractivity contribution is 0.111. The summed E-state index contributed by atoms with van der Waals surface area (Å²) >= 11 is 0. The van der Waals surface area contributed by atoms with Gasteiger partial charge in [-0.2, -0.15) is 0 Å². The van der Waals surface area contributed by atoms with Gasteiger partial charge in [0, 0.05) is 38.1 Å². The van der Waals surface area contributed by atoms with Gasteiger partial charge in [0.15, 0.2) is 0 Å². The SMILES string of the molecule is CN1CCCN(Cc2ccncc2)C(CO)C1. The van der Waals surface area contributed by atoms with Crippen LogP contribution in [0.4, 0.5) is 0 Å². The van der Waals surface area contributed by atoms with Crippen molar-refractivity contribution in [2.24, 2.45) is 0 Å². The van der Waals surface area contributed by atoms with Gasteiger partial charge in [-0.15, -0.1) is 0 Å². The fourth-order valence-electron chi connectivity index (χ4n) is 2.40. The van der Waals surface area contributed by atoms with Crippen LogP contribution in [-0.4, -0.2) is 59.2 Å². The maximum Gasteiger partial charge on any atom is 0.0599 e. The van der Waals surface area contributed by atoms with Crippen molar-refractivity contribution in [2.45, 2.75) is 19.0 Å². The lowest BCUT2D eigenvalue weighted by atomic mass is 10.2. The van der Waals surface area contributed by atoms with Crippen LogP contribution in [0.25, 0.3) is 0 Å². The highest BCUT2D eigenvalue weighted by Crippen LogP contribution is 2.12. The molecule has 0 bridgehead atoms. The lowest BCUT2D eigenvalue weighted by Crippen LogP contribution is -2.42. The number of pyridine rings is 1. The molecule has 17 heavy (non-hydrogen) atoms. The van der Waals surface area contributed by atoms with E-state index in [2.05, 4.69) is 21.8 Å². The summed E-state index contributed by atoms with van der Waals surface area (Å²) in [4.78, 5) is 8.70. The molecule has 4 heteroatoms. The molecule has 1 saturated heterocycles. The normalized spacial score (nSPS) is 23.5. The molecule has 0 radical (unpaired) electrons. The molecular formula is C13H21N3O. The van der Waals surface area contributed by atoms with Crippen molar-refractivity contribution in [3.8, 4) is 0 Å². The quantitative estimate of drug-likeness (QED) is 0.832. The largest absolute Gasteiger partial charge is 0.395 e. The van der Waals surface area contributed by atoms with E-state index in [1.54, 1.807) is 0 Å². The topological polar surface area (TPSA) is 39.6 Å². The van der Waals surface area contributed by atoms with E-state index < -0.39 is 0 Å². The standard InChI is InChI=1S/C13H21N3O/c1-15-7-2-8-16(13(10-15)11-17)9-12-3-5-14-6-4-12/h3-6,13,17H,2,7-11H2,1H3. The Morgan fingerprint density at radius 1 is 1.35 bits per heavy atom. The highest BCUT2D eigenvalue weighted by Gasteiger charge is 2.22. The molecule has 1 aliphatic heterocycles. The third kappa shape index (κ3) is 3.49. The van der Waals surface area contributed by atoms with E-state index in [9.17, 15) is 5.11 Å². The van der Waals surface area contributed by atoms with Crippen molar-refractivity contribution in [3.05, 3.63) is 30.1 Å². The van der Waals surface area contributed by atoms with Crippen molar-refractivity contribution >= 4 is 0 Å². The van der Waals surface area contributed by atoms with Crippen LogP contribution in [0.3, 0.4) is 0 Å². The van der Waals surface area contributed by atoms with Crippen molar-refractivity contribution in [1.29, 1.82) is 0 Å². The fraction of sp³-hybridized carbons (Fsp3) is 0.615. The smallest absolute Gasteiger partial charge is 0.0599 e. The van der Waals surface area contributed by atoms with E-state index in [-0.39, 0.29) is 12.6 Å². The minimum atomic E-state index is 0.232. The first kappa shape index (κ1) is 12.5. The molecule has 1 aromatic rings. The van der Waals surface area contributed by atoms with Crippen LogP contribution in [0.1, 0.15) is 12.0 Å². The van der Waals surface area contributed by atoms with Crippen LogP contribution < -0.4 is 0 Å². The van der Waals surface area contributed by atoms with Crippen LogP contribution in [0.2, 0.25) is 0 Å². The van der Waals surface area contributed by atoms with E-state index in [0.717, 1.165) is 32.6 Å². The van der Waals surface area contributed by atoms with E-state index in [4.69, 9.17) is 0 Å². The monoisotopic (exact) mass is 235 g/mol. The van der Waals surface area contributed by atoms with E-state index in [1.807, 2.05) is 24.5 Å². The van der Waals surface area contributed by atoms with E-state index >= 15 is 0 Å². The lowest BCUT2D eigenvalue weighted by Gasteiger charge is -2.29. The zero-order valence-corrected chi connectivity index (χ0v) is 10.4. The molecule has 1 atom stereocenters. The molecule has 1 N–H and O–H groups in total. The summed E-state index contributed by atoms with van der Waals surface area (Å²) in [5.74, 6) is 0. The summed E-state index contributed by atoms with van der Waals surface area (Å²) in [7, 11) is 2.12. The number of aliphatic hydroxyl groups is 1. The van der Waals surface area contributed by atoms with Crippen LogP contribution in [-0.2, 0) is 6.54 Å². The number of nitrogens with zero attached hydrogens (tertiary/aromatic N) is 3. The summed E-state index contributed by atoms with van der Waals surface area (Å²) in [6, 6.07) is 4.34. The molecule has 1 aliphatic rings. The zero-order valence-electron chi connectivity index (χ0n) is 10.4. The van der Waals surface area contributed by atoms with Gasteiger partial charge in [0.05, 0.1) is 6.61 Å². The first-order valence-corrected chi connectivity index (χ1v) is 6.22. The molecule has 94 valence electrons. The van der Waals surface area contributed by atoms with Crippen LogP contribution in [0.15, 0.2) is 24.5 Å². The Labute approximate surface area is 103 Å². The van der Waals surface area contributed by atoms with Gasteiger partial charge in [0.1, 0.15) is 0 Å². The predicted octanol–water partition coefficient (Wildman–Crippen LogP) is 0.580. The number of aliphatic hydroxyl groups excluding tert-OH is 1. The first-order valence-electron chi connectivity index (χ1n) is 6.22. The van der Waals surface area contributed by atoms with Crippen molar-refractivity contribution < 1.29 is 5.11 Å². The van der Waals surface area contributed by atoms with Gasteiger partial charge in [-0.3, -0.25) is 9.88 Å². The molecule has 1 aromatic heterocycles. The molecule has 2 heterocycles. The number of rotatable bonds is 3. The van der Waals surface area contributed by atoms with Crippen molar-refractivity contribution in [2.75, 3.05) is 33.3 Å².